The van der Waals surface area contributed by atoms with Crippen molar-refractivity contribution in [2.45, 2.75) is 27.2 Å². The molecule has 1 aromatic heterocycles. The normalized spacial score (nSPS) is 16.1. The van der Waals surface area contributed by atoms with Crippen LogP contribution >= 0.6 is 23.2 Å². The molecule has 0 unspecified atom stereocenters. The first-order valence-corrected chi connectivity index (χ1v) is 7.35. The van der Waals surface area contributed by atoms with Gasteiger partial charge in [-0.1, -0.05) is 55.6 Å². The predicted molar refractivity (Wildman–Crippen MR) is 82.3 cm³/mol. The van der Waals surface area contributed by atoms with Crippen molar-refractivity contribution in [3.8, 4) is 0 Å². The molecule has 1 aromatic rings. The Balaban J connectivity index is 2.17. The van der Waals surface area contributed by atoms with Gasteiger partial charge in [0.15, 0.2) is 0 Å². The summed E-state index contributed by atoms with van der Waals surface area (Å²) < 4.78 is 0. The van der Waals surface area contributed by atoms with Crippen LogP contribution in [0, 0.1) is 5.41 Å². The Labute approximate surface area is 129 Å². The molecule has 108 valence electrons. The maximum absolute atomic E-state index is 12.4. The number of aromatic nitrogens is 1. The summed E-state index contributed by atoms with van der Waals surface area (Å²) in [6.45, 7) is 7.84. The largest absolute Gasteiger partial charge is 0.333 e. The molecule has 0 fully saturated rings. The Bertz CT molecular complexity index is 561. The second-order valence-corrected chi connectivity index (χ2v) is 6.74. The number of hydrogen-bond donors (Lipinski definition) is 0. The Hall–Kier alpha value is -1.06. The van der Waals surface area contributed by atoms with Crippen LogP contribution in [0.15, 0.2) is 23.8 Å². The quantitative estimate of drug-likeness (QED) is 0.575. The van der Waals surface area contributed by atoms with E-state index in [9.17, 15) is 4.79 Å². The topological polar surface area (TPSA) is 33.2 Å². The molecule has 2 heterocycles. The second-order valence-electron chi connectivity index (χ2n) is 5.94. The molecule has 1 amide bonds. The summed E-state index contributed by atoms with van der Waals surface area (Å²) in [4.78, 5) is 18.2. The van der Waals surface area contributed by atoms with Gasteiger partial charge < -0.3 is 4.90 Å². The SMILES string of the molecule is CC(C)(C)C1=CCN(C(=O)c2nc(Cl)ccc2Cl)CC1. The highest BCUT2D eigenvalue weighted by molar-refractivity contribution is 6.34. The van der Waals surface area contributed by atoms with Crippen LogP contribution in [0.4, 0.5) is 0 Å². The molecular formula is C15H18Cl2N2O. The summed E-state index contributed by atoms with van der Waals surface area (Å²) in [5.41, 5.74) is 1.76. The molecule has 0 atom stereocenters. The number of hydrogen-bond acceptors (Lipinski definition) is 2. The van der Waals surface area contributed by atoms with Crippen molar-refractivity contribution >= 4 is 29.1 Å². The predicted octanol–water partition coefficient (Wildman–Crippen LogP) is 4.21. The third-order valence-electron chi connectivity index (χ3n) is 3.47. The van der Waals surface area contributed by atoms with Gasteiger partial charge in [-0.25, -0.2) is 4.98 Å². The van der Waals surface area contributed by atoms with Gasteiger partial charge in [-0.3, -0.25) is 4.79 Å². The smallest absolute Gasteiger partial charge is 0.274 e. The number of halogens is 2. The molecule has 0 radical (unpaired) electrons. The highest BCUT2D eigenvalue weighted by atomic mass is 35.5. The summed E-state index contributed by atoms with van der Waals surface area (Å²) >= 11 is 11.9. The monoisotopic (exact) mass is 312 g/mol. The van der Waals surface area contributed by atoms with Crippen molar-refractivity contribution < 1.29 is 4.79 Å². The minimum Gasteiger partial charge on any atom is -0.333 e. The molecule has 20 heavy (non-hydrogen) atoms. The third kappa shape index (κ3) is 3.33. The third-order valence-corrected chi connectivity index (χ3v) is 3.99. The summed E-state index contributed by atoms with van der Waals surface area (Å²) in [5, 5.41) is 0.616. The van der Waals surface area contributed by atoms with Crippen LogP contribution in [-0.4, -0.2) is 28.9 Å². The Morgan fingerprint density at radius 3 is 2.55 bits per heavy atom. The van der Waals surface area contributed by atoms with Crippen LogP contribution in [0.1, 0.15) is 37.7 Å². The molecule has 2 rings (SSSR count). The lowest BCUT2D eigenvalue weighted by Gasteiger charge is -2.32. The van der Waals surface area contributed by atoms with E-state index in [-0.39, 0.29) is 22.2 Å². The van der Waals surface area contributed by atoms with Crippen LogP contribution < -0.4 is 0 Å². The van der Waals surface area contributed by atoms with E-state index < -0.39 is 0 Å². The molecule has 0 aromatic carbocycles. The van der Waals surface area contributed by atoms with Gasteiger partial charge in [0, 0.05) is 13.1 Å². The fourth-order valence-electron chi connectivity index (χ4n) is 2.25. The van der Waals surface area contributed by atoms with Crippen molar-refractivity contribution in [3.63, 3.8) is 0 Å². The van der Waals surface area contributed by atoms with Crippen molar-refractivity contribution in [3.05, 3.63) is 39.7 Å². The lowest BCUT2D eigenvalue weighted by atomic mass is 9.83. The maximum Gasteiger partial charge on any atom is 0.274 e. The van der Waals surface area contributed by atoms with Crippen LogP contribution in [0.25, 0.3) is 0 Å². The lowest BCUT2D eigenvalue weighted by Crippen LogP contribution is -2.37. The van der Waals surface area contributed by atoms with Gasteiger partial charge >= 0.3 is 0 Å². The molecule has 0 spiro atoms. The molecule has 0 saturated heterocycles. The first-order chi connectivity index (χ1) is 9.29. The number of carbonyl (C=O) groups excluding carboxylic acids is 1. The van der Waals surface area contributed by atoms with Gasteiger partial charge in [0.2, 0.25) is 0 Å². The Morgan fingerprint density at radius 2 is 2.00 bits per heavy atom. The molecule has 5 heteroatoms. The molecule has 0 bridgehead atoms. The Kier molecular flexibility index (Phi) is 4.40. The number of amides is 1. The standard InChI is InChI=1S/C15H18Cl2N2O/c1-15(2,3)10-6-8-19(9-7-10)14(20)13-11(16)4-5-12(17)18-13/h4-6H,7-9H2,1-3H3. The molecular weight excluding hydrogens is 295 g/mol. The van der Waals surface area contributed by atoms with E-state index in [0.717, 1.165) is 6.42 Å². The van der Waals surface area contributed by atoms with E-state index in [4.69, 9.17) is 23.2 Å². The van der Waals surface area contributed by atoms with E-state index in [1.165, 1.54) is 5.57 Å². The minimum absolute atomic E-state index is 0.154. The van der Waals surface area contributed by atoms with Crippen molar-refractivity contribution in [2.24, 2.45) is 5.41 Å². The summed E-state index contributed by atoms with van der Waals surface area (Å²) in [6, 6.07) is 3.18. The molecule has 0 saturated carbocycles. The first-order valence-electron chi connectivity index (χ1n) is 6.60. The molecule has 0 N–H and O–H groups in total. The van der Waals surface area contributed by atoms with Crippen molar-refractivity contribution in [1.82, 2.24) is 9.88 Å². The summed E-state index contributed by atoms with van der Waals surface area (Å²) in [6.07, 6.45) is 3.01. The van der Waals surface area contributed by atoms with Crippen LogP contribution in [0.3, 0.4) is 0 Å². The van der Waals surface area contributed by atoms with Gasteiger partial charge in [0.25, 0.3) is 5.91 Å². The second kappa shape index (κ2) is 5.74. The number of rotatable bonds is 1. The van der Waals surface area contributed by atoms with Crippen LogP contribution in [0.2, 0.25) is 10.2 Å². The molecule has 1 aliphatic heterocycles. The molecule has 0 aliphatic carbocycles. The van der Waals surface area contributed by atoms with E-state index in [0.29, 0.717) is 18.1 Å². The van der Waals surface area contributed by atoms with Gasteiger partial charge in [0.1, 0.15) is 10.8 Å². The number of pyridine rings is 1. The minimum atomic E-state index is -0.165. The van der Waals surface area contributed by atoms with E-state index in [1.807, 2.05) is 0 Å². The van der Waals surface area contributed by atoms with Crippen LogP contribution in [0.5, 0.6) is 0 Å². The Morgan fingerprint density at radius 1 is 1.30 bits per heavy atom. The number of carbonyl (C=O) groups is 1. The van der Waals surface area contributed by atoms with Crippen LogP contribution in [-0.2, 0) is 0 Å². The zero-order chi connectivity index (χ0) is 14.9. The van der Waals surface area contributed by atoms with Crippen molar-refractivity contribution in [1.29, 1.82) is 0 Å². The summed E-state index contributed by atoms with van der Waals surface area (Å²) in [7, 11) is 0. The van der Waals surface area contributed by atoms with Crippen molar-refractivity contribution in [2.75, 3.05) is 13.1 Å². The highest BCUT2D eigenvalue weighted by Crippen LogP contribution is 2.30. The first kappa shape index (κ1) is 15.3. The van der Waals surface area contributed by atoms with Gasteiger partial charge in [-0.15, -0.1) is 0 Å². The van der Waals surface area contributed by atoms with Gasteiger partial charge in [-0.2, -0.15) is 0 Å². The number of nitrogens with zero attached hydrogens (tertiary/aromatic N) is 2. The average molecular weight is 313 g/mol. The highest BCUT2D eigenvalue weighted by Gasteiger charge is 2.25. The van der Waals surface area contributed by atoms with Gasteiger partial charge in [0.05, 0.1) is 5.02 Å². The van der Waals surface area contributed by atoms with E-state index in [2.05, 4.69) is 31.8 Å². The van der Waals surface area contributed by atoms with Gasteiger partial charge in [-0.05, 0) is 24.0 Å². The molecule has 1 aliphatic rings. The van der Waals surface area contributed by atoms with E-state index in [1.54, 1.807) is 17.0 Å². The molecule has 3 nitrogen and oxygen atoms in total. The maximum atomic E-state index is 12.4. The zero-order valence-corrected chi connectivity index (χ0v) is 13.4. The summed E-state index contributed by atoms with van der Waals surface area (Å²) in [5.74, 6) is -0.165. The van der Waals surface area contributed by atoms with E-state index >= 15 is 0 Å². The fourth-order valence-corrected chi connectivity index (χ4v) is 2.59. The lowest BCUT2D eigenvalue weighted by molar-refractivity contribution is 0.0759. The zero-order valence-electron chi connectivity index (χ0n) is 11.9. The fraction of sp³-hybridized carbons (Fsp3) is 0.467. The average Bonchev–Trinajstić information content (AvgIpc) is 2.40.